The Morgan fingerprint density at radius 1 is 1.12 bits per heavy atom. The van der Waals surface area contributed by atoms with Crippen molar-refractivity contribution in [3.8, 4) is 0 Å². The van der Waals surface area contributed by atoms with E-state index < -0.39 is 10.0 Å². The fourth-order valence-corrected chi connectivity index (χ4v) is 2.82. The quantitative estimate of drug-likeness (QED) is 0.517. The van der Waals surface area contributed by atoms with E-state index in [0.29, 0.717) is 19.5 Å². The highest BCUT2D eigenvalue weighted by molar-refractivity contribution is 7.89. The number of amides is 2. The maximum Gasteiger partial charge on any atom is 0.238 e. The largest absolute Gasteiger partial charge is 0.355 e. The zero-order valence-electron chi connectivity index (χ0n) is 15.5. The van der Waals surface area contributed by atoms with E-state index in [1.165, 1.54) is 12.1 Å². The van der Waals surface area contributed by atoms with Gasteiger partial charge in [0.25, 0.3) is 0 Å². The first-order valence-corrected chi connectivity index (χ1v) is 10.1. The Labute approximate surface area is 155 Å². The number of nitrogens with one attached hydrogen (secondary N) is 2. The maximum atomic E-state index is 12.0. The Hall–Kier alpha value is -1.97. The summed E-state index contributed by atoms with van der Waals surface area (Å²) in [6, 6.07) is 6.29. The summed E-state index contributed by atoms with van der Waals surface area (Å²) >= 11 is 0. The number of carbonyl (C=O) groups is 2. The molecule has 0 heterocycles. The highest BCUT2D eigenvalue weighted by Gasteiger charge is 2.13. The monoisotopic (exact) mass is 384 g/mol. The summed E-state index contributed by atoms with van der Waals surface area (Å²) in [5, 5.41) is 10.6. The van der Waals surface area contributed by atoms with Gasteiger partial charge in [0.05, 0.1) is 18.0 Å². The Morgan fingerprint density at radius 3 is 2.19 bits per heavy atom. The van der Waals surface area contributed by atoms with E-state index in [0.717, 1.165) is 5.56 Å². The van der Waals surface area contributed by atoms with Crippen molar-refractivity contribution >= 4 is 21.8 Å². The van der Waals surface area contributed by atoms with Crippen LogP contribution in [0.1, 0.15) is 26.3 Å². The van der Waals surface area contributed by atoms with Gasteiger partial charge in [-0.2, -0.15) is 0 Å². The molecule has 0 saturated carbocycles. The number of rotatable bonds is 10. The van der Waals surface area contributed by atoms with Gasteiger partial charge >= 0.3 is 0 Å². The highest BCUT2D eigenvalue weighted by atomic mass is 32.2. The van der Waals surface area contributed by atoms with Crippen LogP contribution in [0.15, 0.2) is 29.2 Å². The SMILES string of the molecule is CCN(CC(=O)NCCc1ccc(S(N)(=O)=O)cc1)CC(=O)NC(C)C. The molecule has 0 aromatic heterocycles. The van der Waals surface area contributed by atoms with Crippen LogP contribution in [-0.2, 0) is 26.0 Å². The zero-order chi connectivity index (χ0) is 19.7. The fourth-order valence-electron chi connectivity index (χ4n) is 2.30. The molecule has 0 aliphatic heterocycles. The average molecular weight is 385 g/mol. The number of nitrogens with zero attached hydrogens (tertiary/aromatic N) is 1. The molecule has 0 aliphatic rings. The lowest BCUT2D eigenvalue weighted by Crippen LogP contribution is -2.44. The van der Waals surface area contributed by atoms with E-state index in [-0.39, 0.29) is 35.8 Å². The molecule has 0 aliphatic carbocycles. The molecular weight excluding hydrogens is 356 g/mol. The summed E-state index contributed by atoms with van der Waals surface area (Å²) in [7, 11) is -3.70. The number of primary sulfonamides is 1. The van der Waals surface area contributed by atoms with Crippen LogP contribution in [0.3, 0.4) is 0 Å². The zero-order valence-corrected chi connectivity index (χ0v) is 16.3. The van der Waals surface area contributed by atoms with Gasteiger partial charge in [0.15, 0.2) is 0 Å². The highest BCUT2D eigenvalue weighted by Crippen LogP contribution is 2.08. The van der Waals surface area contributed by atoms with Crippen molar-refractivity contribution in [1.29, 1.82) is 0 Å². The van der Waals surface area contributed by atoms with Crippen molar-refractivity contribution in [1.82, 2.24) is 15.5 Å². The lowest BCUT2D eigenvalue weighted by atomic mass is 10.1. The normalized spacial score (nSPS) is 11.6. The topological polar surface area (TPSA) is 122 Å². The smallest absolute Gasteiger partial charge is 0.238 e. The van der Waals surface area contributed by atoms with Gasteiger partial charge in [-0.3, -0.25) is 14.5 Å². The van der Waals surface area contributed by atoms with Crippen LogP contribution in [0.25, 0.3) is 0 Å². The van der Waals surface area contributed by atoms with Crippen molar-refractivity contribution in [3.05, 3.63) is 29.8 Å². The van der Waals surface area contributed by atoms with Gasteiger partial charge in [-0.15, -0.1) is 0 Å². The first-order valence-electron chi connectivity index (χ1n) is 8.52. The maximum absolute atomic E-state index is 12.0. The van der Waals surface area contributed by atoms with Gasteiger partial charge in [-0.05, 0) is 44.5 Å². The molecule has 0 fully saturated rings. The van der Waals surface area contributed by atoms with Crippen LogP contribution in [0, 0.1) is 0 Å². The van der Waals surface area contributed by atoms with Gasteiger partial charge in [-0.1, -0.05) is 19.1 Å². The number of hydrogen-bond acceptors (Lipinski definition) is 5. The lowest BCUT2D eigenvalue weighted by molar-refractivity contribution is -0.125. The summed E-state index contributed by atoms with van der Waals surface area (Å²) in [5.74, 6) is -0.269. The number of likely N-dealkylation sites (N-methyl/N-ethyl adjacent to an activating group) is 1. The van der Waals surface area contributed by atoms with Crippen molar-refractivity contribution in [2.75, 3.05) is 26.2 Å². The average Bonchev–Trinajstić information content (AvgIpc) is 2.53. The second-order valence-corrected chi connectivity index (χ2v) is 7.88. The summed E-state index contributed by atoms with van der Waals surface area (Å²) in [6.07, 6.45) is 0.566. The second kappa shape index (κ2) is 10.2. The van der Waals surface area contributed by atoms with Gasteiger partial charge < -0.3 is 10.6 Å². The van der Waals surface area contributed by atoms with E-state index in [9.17, 15) is 18.0 Å². The molecule has 0 unspecified atom stereocenters. The number of sulfonamides is 1. The molecule has 8 nitrogen and oxygen atoms in total. The molecule has 1 aromatic rings. The van der Waals surface area contributed by atoms with Crippen LogP contribution < -0.4 is 15.8 Å². The molecule has 9 heteroatoms. The summed E-state index contributed by atoms with van der Waals surface area (Å²) in [5.41, 5.74) is 0.890. The molecule has 0 radical (unpaired) electrons. The molecule has 1 aromatic carbocycles. The Morgan fingerprint density at radius 2 is 1.69 bits per heavy atom. The third kappa shape index (κ3) is 8.41. The molecule has 146 valence electrons. The number of nitrogens with two attached hydrogens (primary N) is 1. The minimum atomic E-state index is -3.70. The number of hydrogen-bond donors (Lipinski definition) is 3. The van der Waals surface area contributed by atoms with Crippen molar-refractivity contribution in [3.63, 3.8) is 0 Å². The minimum absolute atomic E-state index is 0.0588. The van der Waals surface area contributed by atoms with E-state index in [1.807, 2.05) is 20.8 Å². The van der Waals surface area contributed by atoms with Gasteiger partial charge in [0, 0.05) is 12.6 Å². The summed E-state index contributed by atoms with van der Waals surface area (Å²) in [4.78, 5) is 25.6. The van der Waals surface area contributed by atoms with Crippen molar-refractivity contribution in [2.45, 2.75) is 38.1 Å². The third-order valence-electron chi connectivity index (χ3n) is 3.62. The van der Waals surface area contributed by atoms with Gasteiger partial charge in [0.1, 0.15) is 0 Å². The minimum Gasteiger partial charge on any atom is -0.355 e. The van der Waals surface area contributed by atoms with E-state index in [1.54, 1.807) is 17.0 Å². The summed E-state index contributed by atoms with van der Waals surface area (Å²) in [6.45, 7) is 7.00. The predicted octanol–water partition coefficient (Wildman–Crippen LogP) is -0.161. The first-order chi connectivity index (χ1) is 12.1. The van der Waals surface area contributed by atoms with Crippen LogP contribution in [-0.4, -0.2) is 57.4 Å². The van der Waals surface area contributed by atoms with E-state index >= 15 is 0 Å². The molecule has 26 heavy (non-hydrogen) atoms. The summed E-state index contributed by atoms with van der Waals surface area (Å²) < 4.78 is 22.4. The molecule has 1 rings (SSSR count). The van der Waals surface area contributed by atoms with Gasteiger partial charge in [0.2, 0.25) is 21.8 Å². The van der Waals surface area contributed by atoms with Gasteiger partial charge in [-0.25, -0.2) is 13.6 Å². The van der Waals surface area contributed by atoms with Crippen LogP contribution in [0.2, 0.25) is 0 Å². The Bertz CT molecular complexity index is 702. The predicted molar refractivity (Wildman–Crippen MR) is 99.9 cm³/mol. The Balaban J connectivity index is 2.40. The van der Waals surface area contributed by atoms with E-state index in [4.69, 9.17) is 5.14 Å². The van der Waals surface area contributed by atoms with Crippen molar-refractivity contribution in [2.24, 2.45) is 5.14 Å². The Kier molecular flexibility index (Phi) is 8.70. The molecule has 2 amide bonds. The third-order valence-corrected chi connectivity index (χ3v) is 4.55. The van der Waals surface area contributed by atoms with Crippen molar-refractivity contribution < 1.29 is 18.0 Å². The first kappa shape index (κ1) is 22.1. The molecular formula is C17H28N4O4S. The molecule has 4 N–H and O–H groups in total. The van der Waals surface area contributed by atoms with Crippen LogP contribution in [0.5, 0.6) is 0 Å². The standard InChI is InChI=1S/C17H28N4O4S/c1-4-21(12-17(23)20-13(2)3)11-16(22)19-10-9-14-5-7-15(8-6-14)26(18,24)25/h5-8,13H,4,9-12H2,1-3H3,(H,19,22)(H,20,23)(H2,18,24,25). The molecule has 0 bridgehead atoms. The van der Waals surface area contributed by atoms with Crippen LogP contribution in [0.4, 0.5) is 0 Å². The lowest BCUT2D eigenvalue weighted by Gasteiger charge is -2.20. The molecule has 0 spiro atoms. The number of carbonyl (C=O) groups excluding carboxylic acids is 2. The number of benzene rings is 1. The molecule has 0 saturated heterocycles. The molecule has 0 atom stereocenters. The fraction of sp³-hybridized carbons (Fsp3) is 0.529. The van der Waals surface area contributed by atoms with E-state index in [2.05, 4.69) is 10.6 Å². The van der Waals surface area contributed by atoms with Crippen LogP contribution >= 0.6 is 0 Å². The second-order valence-electron chi connectivity index (χ2n) is 6.31.